The van der Waals surface area contributed by atoms with E-state index in [0.29, 0.717) is 12.8 Å². The molecule has 3 N–H and O–H groups in total. The standard InChI is InChI=1S/C28H36N2O5/c1-6-11-23(25(31)30-24(17(2)3)28(4,5)26(32)33)29-27(34)35-16-22-20-14-9-7-12-18(20)19-13-8-10-15-21(19)22/h7-10,12-15,17,22-24H,6,11,16H2,1-5H3,(H,29,34)(H,30,31)(H,32,33)/t23-,24?/m1/s1. The van der Waals surface area contributed by atoms with E-state index in [0.717, 1.165) is 22.3 Å². The van der Waals surface area contributed by atoms with Gasteiger partial charge < -0.3 is 20.5 Å². The maximum absolute atomic E-state index is 13.1. The van der Waals surface area contributed by atoms with Crippen LogP contribution >= 0.6 is 0 Å². The van der Waals surface area contributed by atoms with Crippen LogP contribution in [0, 0.1) is 11.3 Å². The Morgan fingerprint density at radius 1 is 0.971 bits per heavy atom. The number of fused-ring (bicyclic) bond motifs is 3. The van der Waals surface area contributed by atoms with Crippen molar-refractivity contribution in [1.29, 1.82) is 0 Å². The minimum atomic E-state index is -1.16. The van der Waals surface area contributed by atoms with Crippen LogP contribution in [0.3, 0.4) is 0 Å². The molecule has 2 aromatic carbocycles. The predicted molar refractivity (Wildman–Crippen MR) is 135 cm³/mol. The molecule has 0 saturated heterocycles. The molecule has 0 fully saturated rings. The van der Waals surface area contributed by atoms with Gasteiger partial charge in [0.1, 0.15) is 12.6 Å². The summed E-state index contributed by atoms with van der Waals surface area (Å²) in [6.07, 6.45) is 0.407. The highest BCUT2D eigenvalue weighted by Gasteiger charge is 2.40. The maximum Gasteiger partial charge on any atom is 0.407 e. The number of carbonyl (C=O) groups excluding carboxylic acids is 2. The quantitative estimate of drug-likeness (QED) is 0.447. The number of amides is 2. The van der Waals surface area contributed by atoms with E-state index in [-0.39, 0.29) is 18.4 Å². The van der Waals surface area contributed by atoms with Gasteiger partial charge in [-0.1, -0.05) is 75.7 Å². The van der Waals surface area contributed by atoms with Crippen molar-refractivity contribution >= 4 is 18.0 Å². The Balaban J connectivity index is 1.67. The molecule has 0 heterocycles. The van der Waals surface area contributed by atoms with Crippen molar-refractivity contribution in [3.63, 3.8) is 0 Å². The molecule has 7 heteroatoms. The Morgan fingerprint density at radius 3 is 2.00 bits per heavy atom. The van der Waals surface area contributed by atoms with Crippen LogP contribution in [0.15, 0.2) is 48.5 Å². The number of alkyl carbamates (subject to hydrolysis) is 1. The largest absolute Gasteiger partial charge is 0.481 e. The molecule has 2 amide bonds. The molecule has 0 radical (unpaired) electrons. The highest BCUT2D eigenvalue weighted by atomic mass is 16.5. The number of carbonyl (C=O) groups is 3. The van der Waals surface area contributed by atoms with Crippen LogP contribution in [0.25, 0.3) is 11.1 Å². The number of ether oxygens (including phenoxy) is 1. The molecule has 0 saturated carbocycles. The van der Waals surface area contributed by atoms with E-state index in [9.17, 15) is 19.5 Å². The van der Waals surface area contributed by atoms with Crippen molar-refractivity contribution in [2.45, 2.75) is 65.5 Å². The van der Waals surface area contributed by atoms with Gasteiger partial charge in [-0.25, -0.2) is 4.79 Å². The summed E-state index contributed by atoms with van der Waals surface area (Å²) in [5.74, 6) is -1.59. The van der Waals surface area contributed by atoms with Crippen LogP contribution in [0.4, 0.5) is 4.79 Å². The van der Waals surface area contributed by atoms with E-state index in [1.54, 1.807) is 13.8 Å². The van der Waals surface area contributed by atoms with Crippen LogP contribution < -0.4 is 10.6 Å². The lowest BCUT2D eigenvalue weighted by Crippen LogP contribution is -2.56. The summed E-state index contributed by atoms with van der Waals surface area (Å²) in [4.78, 5) is 37.6. The first kappa shape index (κ1) is 26.3. The second-order valence-corrected chi connectivity index (χ2v) is 10.1. The van der Waals surface area contributed by atoms with Crippen molar-refractivity contribution in [3.05, 3.63) is 59.7 Å². The number of nitrogens with one attached hydrogen (secondary N) is 2. The molecular formula is C28H36N2O5. The number of carboxylic acids is 1. The van der Waals surface area contributed by atoms with E-state index in [1.165, 1.54) is 0 Å². The minimum Gasteiger partial charge on any atom is -0.481 e. The molecule has 188 valence electrons. The molecular weight excluding hydrogens is 444 g/mol. The SMILES string of the molecule is CCC[C@@H](NC(=O)OCC1c2ccccc2-c2ccccc21)C(=O)NC(C(C)C)C(C)(C)C(=O)O. The molecule has 7 nitrogen and oxygen atoms in total. The van der Waals surface area contributed by atoms with Crippen molar-refractivity contribution < 1.29 is 24.2 Å². The molecule has 0 bridgehead atoms. The summed E-state index contributed by atoms with van der Waals surface area (Å²) in [6.45, 7) is 8.98. The number of aliphatic carboxylic acids is 1. The van der Waals surface area contributed by atoms with Crippen molar-refractivity contribution in [2.24, 2.45) is 11.3 Å². The fraction of sp³-hybridized carbons (Fsp3) is 0.464. The molecule has 1 unspecified atom stereocenters. The third kappa shape index (κ3) is 5.66. The number of rotatable bonds is 10. The van der Waals surface area contributed by atoms with Gasteiger partial charge in [-0.2, -0.15) is 0 Å². The average molecular weight is 481 g/mol. The van der Waals surface area contributed by atoms with E-state index in [1.807, 2.05) is 57.2 Å². The third-order valence-electron chi connectivity index (χ3n) is 6.82. The summed E-state index contributed by atoms with van der Waals surface area (Å²) < 4.78 is 5.60. The Labute approximate surface area is 207 Å². The third-order valence-corrected chi connectivity index (χ3v) is 6.82. The first-order valence-corrected chi connectivity index (χ1v) is 12.2. The first-order chi connectivity index (χ1) is 16.6. The molecule has 1 aliphatic rings. The molecule has 0 aromatic heterocycles. The second-order valence-electron chi connectivity index (χ2n) is 10.1. The molecule has 35 heavy (non-hydrogen) atoms. The molecule has 3 rings (SSSR count). The summed E-state index contributed by atoms with van der Waals surface area (Å²) >= 11 is 0. The van der Waals surface area contributed by atoms with Crippen LogP contribution in [0.5, 0.6) is 0 Å². The van der Waals surface area contributed by atoms with E-state index < -0.39 is 35.5 Å². The van der Waals surface area contributed by atoms with Crippen molar-refractivity contribution in [1.82, 2.24) is 10.6 Å². The monoisotopic (exact) mass is 480 g/mol. The summed E-state index contributed by atoms with van der Waals surface area (Å²) in [6, 6.07) is 14.8. The maximum atomic E-state index is 13.1. The molecule has 0 spiro atoms. The zero-order valence-electron chi connectivity index (χ0n) is 21.1. The summed E-state index contributed by atoms with van der Waals surface area (Å²) in [5, 5.41) is 15.2. The van der Waals surface area contributed by atoms with E-state index in [2.05, 4.69) is 22.8 Å². The van der Waals surface area contributed by atoms with E-state index in [4.69, 9.17) is 4.74 Å². The van der Waals surface area contributed by atoms with Gasteiger partial charge in [0.2, 0.25) is 5.91 Å². The molecule has 1 aliphatic carbocycles. The fourth-order valence-corrected chi connectivity index (χ4v) is 4.91. The van der Waals surface area contributed by atoms with Crippen LogP contribution in [0.1, 0.15) is 64.5 Å². The topological polar surface area (TPSA) is 105 Å². The van der Waals surface area contributed by atoms with Gasteiger partial charge in [0, 0.05) is 12.0 Å². The minimum absolute atomic E-state index is 0.0757. The van der Waals surface area contributed by atoms with Crippen molar-refractivity contribution in [3.8, 4) is 11.1 Å². The first-order valence-electron chi connectivity index (χ1n) is 12.2. The van der Waals surface area contributed by atoms with Gasteiger partial charge in [0.25, 0.3) is 0 Å². The van der Waals surface area contributed by atoms with Gasteiger partial charge in [0.15, 0.2) is 0 Å². The Kier molecular flexibility index (Phi) is 8.20. The smallest absolute Gasteiger partial charge is 0.407 e. The number of hydrogen-bond donors (Lipinski definition) is 3. The zero-order chi connectivity index (χ0) is 25.8. The van der Waals surface area contributed by atoms with Gasteiger partial charge >= 0.3 is 12.1 Å². The molecule has 0 aliphatic heterocycles. The Bertz CT molecular complexity index is 1030. The fourth-order valence-electron chi connectivity index (χ4n) is 4.91. The van der Waals surface area contributed by atoms with Gasteiger partial charge in [0.05, 0.1) is 5.41 Å². The number of carboxylic acid groups (broad SMARTS) is 1. The summed E-state index contributed by atoms with van der Waals surface area (Å²) in [7, 11) is 0. The Hall–Kier alpha value is -3.35. The van der Waals surface area contributed by atoms with Crippen LogP contribution in [0.2, 0.25) is 0 Å². The van der Waals surface area contributed by atoms with Gasteiger partial charge in [-0.15, -0.1) is 0 Å². The van der Waals surface area contributed by atoms with Crippen LogP contribution in [-0.4, -0.2) is 41.8 Å². The molecule has 2 aromatic rings. The van der Waals surface area contributed by atoms with E-state index >= 15 is 0 Å². The average Bonchev–Trinajstić information content (AvgIpc) is 3.14. The predicted octanol–water partition coefficient (Wildman–Crippen LogP) is 4.95. The summed E-state index contributed by atoms with van der Waals surface area (Å²) in [5.41, 5.74) is 3.34. The van der Waals surface area contributed by atoms with Gasteiger partial charge in [-0.05, 0) is 48.4 Å². The lowest BCUT2D eigenvalue weighted by molar-refractivity contribution is -0.150. The van der Waals surface area contributed by atoms with Crippen LogP contribution in [-0.2, 0) is 14.3 Å². The highest BCUT2D eigenvalue weighted by molar-refractivity contribution is 5.87. The molecule has 2 atom stereocenters. The number of benzene rings is 2. The van der Waals surface area contributed by atoms with Crippen molar-refractivity contribution in [2.75, 3.05) is 6.61 Å². The second kappa shape index (κ2) is 10.9. The lowest BCUT2D eigenvalue weighted by atomic mass is 9.78. The number of hydrogen-bond acceptors (Lipinski definition) is 4. The zero-order valence-corrected chi connectivity index (χ0v) is 21.1. The van der Waals surface area contributed by atoms with Gasteiger partial charge in [-0.3, -0.25) is 9.59 Å². The highest BCUT2D eigenvalue weighted by Crippen LogP contribution is 2.44. The lowest BCUT2D eigenvalue weighted by Gasteiger charge is -2.35. The normalized spacial score (nSPS) is 14.6. The Morgan fingerprint density at radius 2 is 1.51 bits per heavy atom.